The summed E-state index contributed by atoms with van der Waals surface area (Å²) in [5, 5.41) is 9.62. The Hall–Kier alpha value is -4.15. The first-order valence-corrected chi connectivity index (χ1v) is 7.70. The molecule has 11 heteroatoms. The van der Waals surface area contributed by atoms with Gasteiger partial charge in [0.15, 0.2) is 17.2 Å². The molecule has 4 aromatic heterocycles. The first-order valence-electron chi connectivity index (χ1n) is 7.70. The number of imidazole rings is 1. The zero-order valence-electron chi connectivity index (χ0n) is 13.7. The van der Waals surface area contributed by atoms with E-state index in [-0.39, 0.29) is 17.2 Å². The number of carbonyl (C=O) groups is 1. The number of hydrogen-bond acceptors (Lipinski definition) is 8. The van der Waals surface area contributed by atoms with Crippen LogP contribution in [0, 0.1) is 5.82 Å². The third kappa shape index (κ3) is 3.20. The van der Waals surface area contributed by atoms with Crippen LogP contribution < -0.4 is 16.4 Å². The van der Waals surface area contributed by atoms with Crippen molar-refractivity contribution in [2.45, 2.75) is 0 Å². The molecule has 4 heterocycles. The van der Waals surface area contributed by atoms with E-state index >= 15 is 0 Å². The van der Waals surface area contributed by atoms with Crippen molar-refractivity contribution in [1.82, 2.24) is 29.5 Å². The lowest BCUT2D eigenvalue weighted by atomic mass is 10.3. The van der Waals surface area contributed by atoms with Crippen molar-refractivity contribution in [2.75, 3.05) is 16.4 Å². The second-order valence-corrected chi connectivity index (χ2v) is 5.39. The Morgan fingerprint density at radius 2 is 1.96 bits per heavy atom. The number of halogens is 1. The number of pyridine rings is 1. The Labute approximate surface area is 151 Å². The largest absolute Gasteiger partial charge is 0.382 e. The second-order valence-electron chi connectivity index (χ2n) is 5.39. The van der Waals surface area contributed by atoms with Crippen LogP contribution in [0.15, 0.2) is 49.3 Å². The average Bonchev–Trinajstić information content (AvgIpc) is 3.08. The van der Waals surface area contributed by atoms with E-state index in [1.807, 2.05) is 0 Å². The number of nitrogens with two attached hydrogens (primary N) is 1. The molecule has 0 atom stereocenters. The first kappa shape index (κ1) is 16.3. The highest BCUT2D eigenvalue weighted by Gasteiger charge is 2.18. The molecule has 0 fully saturated rings. The van der Waals surface area contributed by atoms with Crippen LogP contribution in [-0.4, -0.2) is 35.5 Å². The van der Waals surface area contributed by atoms with Gasteiger partial charge in [-0.25, -0.2) is 23.9 Å². The highest BCUT2D eigenvalue weighted by Crippen LogP contribution is 2.22. The summed E-state index contributed by atoms with van der Waals surface area (Å²) in [4.78, 5) is 28.3. The van der Waals surface area contributed by atoms with Gasteiger partial charge in [0.2, 0.25) is 0 Å². The van der Waals surface area contributed by atoms with E-state index in [1.54, 1.807) is 18.3 Å². The van der Waals surface area contributed by atoms with Gasteiger partial charge in [-0.1, -0.05) is 0 Å². The normalized spacial score (nSPS) is 10.7. The zero-order chi connectivity index (χ0) is 18.8. The maximum Gasteiger partial charge on any atom is 0.276 e. The SMILES string of the molecule is Nc1cc(Nc2ccncn2)c2ncc(C(=O)Nc3ccncc3F)n2n1. The van der Waals surface area contributed by atoms with Gasteiger partial charge in [0.25, 0.3) is 5.91 Å². The minimum atomic E-state index is -0.654. The van der Waals surface area contributed by atoms with Crippen molar-refractivity contribution in [1.29, 1.82) is 0 Å². The molecule has 134 valence electrons. The van der Waals surface area contributed by atoms with Gasteiger partial charge in [-0.3, -0.25) is 9.78 Å². The lowest BCUT2D eigenvalue weighted by Crippen LogP contribution is -2.17. The molecule has 0 bridgehead atoms. The minimum Gasteiger partial charge on any atom is -0.382 e. The van der Waals surface area contributed by atoms with Gasteiger partial charge in [-0.15, -0.1) is 5.10 Å². The van der Waals surface area contributed by atoms with Crippen molar-refractivity contribution in [3.8, 4) is 0 Å². The molecule has 4 N–H and O–H groups in total. The number of amides is 1. The fourth-order valence-electron chi connectivity index (χ4n) is 2.40. The number of nitrogen functional groups attached to an aromatic ring is 1. The molecule has 0 spiro atoms. The van der Waals surface area contributed by atoms with Crippen molar-refractivity contribution in [3.63, 3.8) is 0 Å². The van der Waals surface area contributed by atoms with Gasteiger partial charge < -0.3 is 16.4 Å². The highest BCUT2D eigenvalue weighted by molar-refractivity contribution is 6.03. The average molecular weight is 365 g/mol. The highest BCUT2D eigenvalue weighted by atomic mass is 19.1. The van der Waals surface area contributed by atoms with Crippen molar-refractivity contribution in [3.05, 3.63) is 60.8 Å². The third-order valence-electron chi connectivity index (χ3n) is 3.58. The molecular formula is C16H12FN9O. The Morgan fingerprint density at radius 3 is 2.74 bits per heavy atom. The predicted octanol–water partition coefficient (Wildman–Crippen LogP) is 1.63. The molecule has 0 aliphatic heterocycles. The summed E-state index contributed by atoms with van der Waals surface area (Å²) in [6.45, 7) is 0. The molecule has 0 saturated carbocycles. The van der Waals surface area contributed by atoms with Gasteiger partial charge in [-0.05, 0) is 12.1 Å². The number of aromatic nitrogens is 6. The lowest BCUT2D eigenvalue weighted by molar-refractivity contribution is 0.102. The van der Waals surface area contributed by atoms with Gasteiger partial charge in [0.05, 0.1) is 23.8 Å². The molecule has 0 radical (unpaired) electrons. The molecule has 0 unspecified atom stereocenters. The molecule has 4 aromatic rings. The fourth-order valence-corrected chi connectivity index (χ4v) is 2.40. The third-order valence-corrected chi connectivity index (χ3v) is 3.58. The first-order chi connectivity index (χ1) is 13.1. The van der Waals surface area contributed by atoms with Crippen LogP contribution in [-0.2, 0) is 0 Å². The van der Waals surface area contributed by atoms with Crippen LogP contribution in [0.5, 0.6) is 0 Å². The Kier molecular flexibility index (Phi) is 4.01. The van der Waals surface area contributed by atoms with Crippen LogP contribution in [0.25, 0.3) is 5.65 Å². The Balaban J connectivity index is 1.71. The number of nitrogens with zero attached hydrogens (tertiary/aromatic N) is 6. The minimum absolute atomic E-state index is 0.00631. The second kappa shape index (κ2) is 6.63. The van der Waals surface area contributed by atoms with E-state index in [4.69, 9.17) is 5.73 Å². The molecular weight excluding hydrogens is 353 g/mol. The summed E-state index contributed by atoms with van der Waals surface area (Å²) >= 11 is 0. The van der Waals surface area contributed by atoms with E-state index in [0.717, 1.165) is 6.20 Å². The maximum absolute atomic E-state index is 13.7. The number of anilines is 4. The molecule has 0 saturated heterocycles. The molecule has 4 rings (SSSR count). The predicted molar refractivity (Wildman–Crippen MR) is 94.9 cm³/mol. The summed E-state index contributed by atoms with van der Waals surface area (Å²) < 4.78 is 15.0. The summed E-state index contributed by atoms with van der Waals surface area (Å²) in [7, 11) is 0. The van der Waals surface area contributed by atoms with Crippen molar-refractivity contribution >= 4 is 34.6 Å². The molecule has 0 aliphatic rings. The number of hydrogen-bond donors (Lipinski definition) is 3. The van der Waals surface area contributed by atoms with E-state index in [9.17, 15) is 9.18 Å². The van der Waals surface area contributed by atoms with E-state index in [1.165, 1.54) is 29.3 Å². The van der Waals surface area contributed by atoms with Crippen LogP contribution in [0.3, 0.4) is 0 Å². The molecule has 27 heavy (non-hydrogen) atoms. The topological polar surface area (TPSA) is 136 Å². The van der Waals surface area contributed by atoms with Crippen LogP contribution in [0.2, 0.25) is 0 Å². The lowest BCUT2D eigenvalue weighted by Gasteiger charge is -2.09. The van der Waals surface area contributed by atoms with E-state index in [2.05, 4.69) is 35.7 Å². The monoisotopic (exact) mass is 365 g/mol. The molecule has 10 nitrogen and oxygen atoms in total. The number of fused-ring (bicyclic) bond motifs is 1. The Bertz CT molecular complexity index is 1130. The maximum atomic E-state index is 13.7. The van der Waals surface area contributed by atoms with Crippen molar-refractivity contribution in [2.24, 2.45) is 0 Å². The van der Waals surface area contributed by atoms with E-state index in [0.29, 0.717) is 17.2 Å². The fraction of sp³-hybridized carbons (Fsp3) is 0. The molecule has 0 aliphatic carbocycles. The Morgan fingerprint density at radius 1 is 1.11 bits per heavy atom. The van der Waals surface area contributed by atoms with Gasteiger partial charge >= 0.3 is 0 Å². The number of rotatable bonds is 4. The van der Waals surface area contributed by atoms with Gasteiger partial charge in [0, 0.05) is 18.5 Å². The molecule has 1 amide bonds. The summed E-state index contributed by atoms with van der Waals surface area (Å²) in [5.41, 5.74) is 6.77. The van der Waals surface area contributed by atoms with Crippen molar-refractivity contribution < 1.29 is 9.18 Å². The summed E-state index contributed by atoms with van der Waals surface area (Å²) in [6, 6.07) is 4.57. The van der Waals surface area contributed by atoms with Crippen LogP contribution in [0.4, 0.5) is 27.4 Å². The van der Waals surface area contributed by atoms with Crippen LogP contribution >= 0.6 is 0 Å². The number of carbonyl (C=O) groups excluding carboxylic acids is 1. The van der Waals surface area contributed by atoms with Crippen LogP contribution in [0.1, 0.15) is 10.5 Å². The van der Waals surface area contributed by atoms with E-state index < -0.39 is 11.7 Å². The quantitative estimate of drug-likeness (QED) is 0.496. The van der Waals surface area contributed by atoms with Gasteiger partial charge in [-0.2, -0.15) is 0 Å². The summed E-state index contributed by atoms with van der Waals surface area (Å²) in [5.74, 6) is -0.580. The smallest absolute Gasteiger partial charge is 0.276 e. The molecule has 0 aromatic carbocycles. The summed E-state index contributed by atoms with van der Waals surface area (Å²) in [6.07, 6.45) is 6.65. The van der Waals surface area contributed by atoms with Gasteiger partial charge in [0.1, 0.15) is 18.0 Å². The standard InChI is InChI=1S/C16H12FN9O/c17-9-6-19-3-1-10(9)24-16(27)12-7-21-15-11(5-13(18)25-26(12)15)23-14-2-4-20-8-22-14/h1-8H,(H2,18,25)(H,19,24,27)(H,20,22,23). The zero-order valence-corrected chi connectivity index (χ0v) is 13.7. The number of nitrogens with one attached hydrogen (secondary N) is 2.